The van der Waals surface area contributed by atoms with Crippen molar-refractivity contribution in [2.24, 2.45) is 0 Å². The van der Waals surface area contributed by atoms with Crippen LogP contribution in [0.2, 0.25) is 0 Å². The van der Waals surface area contributed by atoms with Crippen molar-refractivity contribution in [2.75, 3.05) is 0 Å². The SMILES string of the molecule is CC(NC(=O)CCc1cn(Cc2ccc(F)cc2)c2ccccc12)c1ccccc1. The molecular formula is C26H25FN2O. The Morgan fingerprint density at radius 2 is 1.67 bits per heavy atom. The van der Waals surface area contributed by atoms with Gasteiger partial charge in [0.05, 0.1) is 6.04 Å². The Hall–Kier alpha value is -3.40. The van der Waals surface area contributed by atoms with Gasteiger partial charge in [-0.15, -0.1) is 0 Å². The first-order chi connectivity index (χ1) is 14.6. The maximum Gasteiger partial charge on any atom is 0.220 e. The average molecular weight is 400 g/mol. The lowest BCUT2D eigenvalue weighted by Gasteiger charge is -2.14. The number of carbonyl (C=O) groups is 1. The summed E-state index contributed by atoms with van der Waals surface area (Å²) < 4.78 is 15.4. The zero-order chi connectivity index (χ0) is 20.9. The van der Waals surface area contributed by atoms with E-state index in [0.717, 1.165) is 27.6 Å². The minimum atomic E-state index is -0.229. The smallest absolute Gasteiger partial charge is 0.220 e. The monoisotopic (exact) mass is 400 g/mol. The van der Waals surface area contributed by atoms with E-state index in [1.54, 1.807) is 0 Å². The summed E-state index contributed by atoms with van der Waals surface area (Å²) in [6.45, 7) is 2.67. The Balaban J connectivity index is 1.46. The number of aromatic nitrogens is 1. The van der Waals surface area contributed by atoms with Gasteiger partial charge in [-0.05, 0) is 48.2 Å². The molecule has 1 amide bonds. The van der Waals surface area contributed by atoms with Crippen LogP contribution in [0.25, 0.3) is 10.9 Å². The van der Waals surface area contributed by atoms with Crippen LogP contribution in [0, 0.1) is 5.82 Å². The first-order valence-electron chi connectivity index (χ1n) is 10.3. The fourth-order valence-corrected chi connectivity index (χ4v) is 3.83. The van der Waals surface area contributed by atoms with Crippen molar-refractivity contribution >= 4 is 16.8 Å². The summed E-state index contributed by atoms with van der Waals surface area (Å²) in [6, 6.07) is 24.8. The molecule has 0 fully saturated rings. The zero-order valence-electron chi connectivity index (χ0n) is 17.0. The van der Waals surface area contributed by atoms with E-state index in [0.29, 0.717) is 19.4 Å². The Morgan fingerprint density at radius 1 is 0.967 bits per heavy atom. The highest BCUT2D eigenvalue weighted by atomic mass is 19.1. The number of hydrogen-bond acceptors (Lipinski definition) is 1. The molecular weight excluding hydrogens is 375 g/mol. The number of benzene rings is 3. The van der Waals surface area contributed by atoms with Gasteiger partial charge in [-0.1, -0.05) is 60.7 Å². The number of nitrogens with zero attached hydrogens (tertiary/aromatic N) is 1. The van der Waals surface area contributed by atoms with Crippen LogP contribution in [0.4, 0.5) is 4.39 Å². The molecule has 3 nitrogen and oxygen atoms in total. The summed E-state index contributed by atoms with van der Waals surface area (Å²) in [5.74, 6) is -0.186. The van der Waals surface area contributed by atoms with Gasteiger partial charge in [-0.25, -0.2) is 4.39 Å². The maximum atomic E-state index is 13.2. The number of para-hydroxylation sites is 1. The van der Waals surface area contributed by atoms with Crippen molar-refractivity contribution in [1.82, 2.24) is 9.88 Å². The summed E-state index contributed by atoms with van der Waals surface area (Å²) in [5, 5.41) is 4.24. The van der Waals surface area contributed by atoms with Crippen molar-refractivity contribution in [2.45, 2.75) is 32.4 Å². The van der Waals surface area contributed by atoms with E-state index in [9.17, 15) is 9.18 Å². The molecule has 0 aliphatic rings. The Bertz CT molecular complexity index is 1130. The first-order valence-corrected chi connectivity index (χ1v) is 10.3. The van der Waals surface area contributed by atoms with E-state index in [2.05, 4.69) is 28.2 Å². The number of aryl methyl sites for hydroxylation is 1. The van der Waals surface area contributed by atoms with Gasteiger partial charge in [0.1, 0.15) is 5.82 Å². The highest BCUT2D eigenvalue weighted by molar-refractivity contribution is 5.85. The van der Waals surface area contributed by atoms with Gasteiger partial charge in [0.2, 0.25) is 5.91 Å². The van der Waals surface area contributed by atoms with Crippen LogP contribution in [0.5, 0.6) is 0 Å². The minimum Gasteiger partial charge on any atom is -0.350 e. The molecule has 1 atom stereocenters. The molecule has 1 aromatic heterocycles. The predicted molar refractivity (Wildman–Crippen MR) is 119 cm³/mol. The third kappa shape index (κ3) is 4.60. The molecule has 4 aromatic rings. The summed E-state index contributed by atoms with van der Waals surface area (Å²) in [7, 11) is 0. The third-order valence-corrected chi connectivity index (χ3v) is 5.44. The van der Waals surface area contributed by atoms with Crippen molar-refractivity contribution in [3.8, 4) is 0 Å². The van der Waals surface area contributed by atoms with Gasteiger partial charge in [0.15, 0.2) is 0 Å². The molecule has 0 saturated carbocycles. The number of carbonyl (C=O) groups excluding carboxylic acids is 1. The van der Waals surface area contributed by atoms with Crippen LogP contribution < -0.4 is 5.32 Å². The van der Waals surface area contributed by atoms with Gasteiger partial charge >= 0.3 is 0 Å². The second-order valence-electron chi connectivity index (χ2n) is 7.63. The molecule has 3 aromatic carbocycles. The molecule has 4 rings (SSSR count). The van der Waals surface area contributed by atoms with Crippen LogP contribution >= 0.6 is 0 Å². The number of amides is 1. The molecule has 30 heavy (non-hydrogen) atoms. The largest absolute Gasteiger partial charge is 0.350 e. The van der Waals surface area contributed by atoms with E-state index in [1.807, 2.05) is 61.5 Å². The van der Waals surface area contributed by atoms with Gasteiger partial charge in [0, 0.05) is 30.1 Å². The summed E-state index contributed by atoms with van der Waals surface area (Å²) in [5.41, 5.74) is 4.41. The van der Waals surface area contributed by atoms with Crippen molar-refractivity contribution < 1.29 is 9.18 Å². The fourth-order valence-electron chi connectivity index (χ4n) is 3.83. The second-order valence-corrected chi connectivity index (χ2v) is 7.63. The number of nitrogens with one attached hydrogen (secondary N) is 1. The molecule has 152 valence electrons. The molecule has 0 aliphatic carbocycles. The highest BCUT2D eigenvalue weighted by Crippen LogP contribution is 2.24. The van der Waals surface area contributed by atoms with E-state index < -0.39 is 0 Å². The van der Waals surface area contributed by atoms with E-state index >= 15 is 0 Å². The van der Waals surface area contributed by atoms with Crippen molar-refractivity contribution in [3.63, 3.8) is 0 Å². The lowest BCUT2D eigenvalue weighted by Crippen LogP contribution is -2.26. The Labute approximate surface area is 176 Å². The van der Waals surface area contributed by atoms with Gasteiger partial charge < -0.3 is 9.88 Å². The molecule has 1 N–H and O–H groups in total. The summed E-state index contributed by atoms with van der Waals surface area (Å²) >= 11 is 0. The first kappa shape index (κ1) is 19.9. The standard InChI is InChI=1S/C26H25FN2O/c1-19(21-7-3-2-4-8-21)28-26(30)16-13-22-18-29(25-10-6-5-9-24(22)25)17-20-11-14-23(27)15-12-20/h2-12,14-15,18-19H,13,16-17H2,1H3,(H,28,30). The normalized spacial score (nSPS) is 12.1. The van der Waals surface area contributed by atoms with E-state index in [1.165, 1.54) is 12.1 Å². The average Bonchev–Trinajstić information content (AvgIpc) is 3.12. The molecule has 0 saturated heterocycles. The highest BCUT2D eigenvalue weighted by Gasteiger charge is 2.13. The lowest BCUT2D eigenvalue weighted by atomic mass is 10.1. The van der Waals surface area contributed by atoms with Crippen LogP contribution in [0.15, 0.2) is 85.1 Å². The van der Waals surface area contributed by atoms with Crippen LogP contribution in [0.3, 0.4) is 0 Å². The third-order valence-electron chi connectivity index (χ3n) is 5.44. The molecule has 4 heteroatoms. The number of fused-ring (bicyclic) bond motifs is 1. The maximum absolute atomic E-state index is 13.2. The van der Waals surface area contributed by atoms with Crippen LogP contribution in [-0.2, 0) is 17.8 Å². The zero-order valence-corrected chi connectivity index (χ0v) is 17.0. The lowest BCUT2D eigenvalue weighted by molar-refractivity contribution is -0.121. The number of rotatable bonds is 7. The fraction of sp³-hybridized carbons (Fsp3) is 0.192. The molecule has 1 unspecified atom stereocenters. The second kappa shape index (κ2) is 8.95. The summed E-state index contributed by atoms with van der Waals surface area (Å²) in [6.07, 6.45) is 3.22. The number of hydrogen-bond donors (Lipinski definition) is 1. The molecule has 1 heterocycles. The van der Waals surface area contributed by atoms with Gasteiger partial charge in [-0.2, -0.15) is 0 Å². The van der Waals surface area contributed by atoms with Crippen LogP contribution in [-0.4, -0.2) is 10.5 Å². The molecule has 0 bridgehead atoms. The van der Waals surface area contributed by atoms with Crippen LogP contribution in [0.1, 0.15) is 36.1 Å². The van der Waals surface area contributed by atoms with Crippen molar-refractivity contribution in [1.29, 1.82) is 0 Å². The Morgan fingerprint density at radius 3 is 2.43 bits per heavy atom. The predicted octanol–water partition coefficient (Wildman–Crippen LogP) is 5.64. The minimum absolute atomic E-state index is 0.0153. The van der Waals surface area contributed by atoms with E-state index in [4.69, 9.17) is 0 Å². The van der Waals surface area contributed by atoms with Crippen molar-refractivity contribution in [3.05, 3.63) is 108 Å². The van der Waals surface area contributed by atoms with E-state index in [-0.39, 0.29) is 17.8 Å². The topological polar surface area (TPSA) is 34.0 Å². The Kier molecular flexibility index (Phi) is 5.94. The molecule has 0 radical (unpaired) electrons. The van der Waals surface area contributed by atoms with Gasteiger partial charge in [-0.3, -0.25) is 4.79 Å². The quantitative estimate of drug-likeness (QED) is 0.428. The molecule has 0 aliphatic heterocycles. The molecule has 0 spiro atoms. The number of halogens is 1. The summed E-state index contributed by atoms with van der Waals surface area (Å²) in [4.78, 5) is 12.5. The van der Waals surface area contributed by atoms with Gasteiger partial charge in [0.25, 0.3) is 0 Å².